The van der Waals surface area contributed by atoms with Crippen LogP contribution in [-0.4, -0.2) is 15.3 Å². The summed E-state index contributed by atoms with van der Waals surface area (Å²) < 4.78 is 0. The minimum atomic E-state index is -0.210. The molecular weight excluding hydrogens is 230 g/mol. The molecule has 2 rings (SSSR count). The third-order valence-electron chi connectivity index (χ3n) is 2.72. The van der Waals surface area contributed by atoms with Gasteiger partial charge in [-0.3, -0.25) is 0 Å². The van der Waals surface area contributed by atoms with Crippen molar-refractivity contribution >= 4 is 5.69 Å². The average molecular weight is 245 g/mol. The van der Waals surface area contributed by atoms with Crippen molar-refractivity contribution in [2.75, 3.05) is 5.32 Å². The minimum Gasteiger partial charge on any atom is -0.508 e. The van der Waals surface area contributed by atoms with Crippen LogP contribution in [0.15, 0.2) is 42.5 Å². The van der Waals surface area contributed by atoms with E-state index >= 15 is 0 Å². The summed E-state index contributed by atoms with van der Waals surface area (Å²) in [5, 5.41) is 31.2. The van der Waals surface area contributed by atoms with E-state index in [1.807, 2.05) is 12.1 Å². The Balaban J connectivity index is 2.09. The molecule has 0 aliphatic heterocycles. The minimum absolute atomic E-state index is 0.0746. The molecule has 0 spiro atoms. The van der Waals surface area contributed by atoms with Gasteiger partial charge in [-0.2, -0.15) is 0 Å². The van der Waals surface area contributed by atoms with Crippen molar-refractivity contribution in [3.63, 3.8) is 0 Å². The van der Waals surface area contributed by atoms with Crippen LogP contribution in [-0.2, 0) is 13.2 Å². The summed E-state index contributed by atoms with van der Waals surface area (Å²) in [5.41, 5.74) is 2.04. The molecule has 0 aliphatic carbocycles. The van der Waals surface area contributed by atoms with Crippen LogP contribution in [0.4, 0.5) is 5.69 Å². The smallest absolute Gasteiger partial charge is 0.121 e. The van der Waals surface area contributed by atoms with Crippen molar-refractivity contribution < 1.29 is 15.3 Å². The van der Waals surface area contributed by atoms with Gasteiger partial charge < -0.3 is 20.6 Å². The van der Waals surface area contributed by atoms with Crippen LogP contribution < -0.4 is 5.32 Å². The second kappa shape index (κ2) is 5.42. The number of phenols is 2. The first-order chi connectivity index (χ1) is 8.70. The SMILES string of the molecule is OCc1cc(NCc2ccccc2O)ccc1O. The number of nitrogens with one attached hydrogen (secondary N) is 1. The second-order valence-corrected chi connectivity index (χ2v) is 3.98. The van der Waals surface area contributed by atoms with Crippen LogP contribution >= 0.6 is 0 Å². The van der Waals surface area contributed by atoms with Crippen molar-refractivity contribution in [3.8, 4) is 11.5 Å². The van der Waals surface area contributed by atoms with Crippen molar-refractivity contribution in [2.45, 2.75) is 13.2 Å². The maximum absolute atomic E-state index is 9.61. The summed E-state index contributed by atoms with van der Waals surface area (Å²) in [6, 6.07) is 12.0. The van der Waals surface area contributed by atoms with Crippen molar-refractivity contribution in [3.05, 3.63) is 53.6 Å². The largest absolute Gasteiger partial charge is 0.508 e. The number of aromatic hydroxyl groups is 2. The summed E-state index contributed by atoms with van der Waals surface area (Å²) in [6.07, 6.45) is 0. The Morgan fingerprint density at radius 2 is 1.61 bits per heavy atom. The fourth-order valence-corrected chi connectivity index (χ4v) is 1.68. The molecule has 4 nitrogen and oxygen atoms in total. The van der Waals surface area contributed by atoms with Gasteiger partial charge in [-0.25, -0.2) is 0 Å². The summed E-state index contributed by atoms with van der Waals surface area (Å²) >= 11 is 0. The number of aliphatic hydroxyl groups is 1. The number of hydrogen-bond acceptors (Lipinski definition) is 4. The van der Waals surface area contributed by atoms with Crippen LogP contribution in [0.2, 0.25) is 0 Å². The van der Waals surface area contributed by atoms with Gasteiger partial charge in [0.1, 0.15) is 11.5 Å². The van der Waals surface area contributed by atoms with E-state index in [1.165, 1.54) is 6.07 Å². The monoisotopic (exact) mass is 245 g/mol. The standard InChI is InChI=1S/C14H15NO3/c16-9-11-7-12(5-6-14(11)18)15-8-10-3-1-2-4-13(10)17/h1-7,15-18H,8-9H2. The normalized spacial score (nSPS) is 10.3. The summed E-state index contributed by atoms with van der Waals surface area (Å²) in [7, 11) is 0. The van der Waals surface area contributed by atoms with E-state index in [4.69, 9.17) is 5.11 Å². The average Bonchev–Trinajstić information content (AvgIpc) is 2.39. The Hall–Kier alpha value is -2.20. The Kier molecular flexibility index (Phi) is 3.69. The molecule has 0 amide bonds. The highest BCUT2D eigenvalue weighted by atomic mass is 16.3. The maximum atomic E-state index is 9.61. The van der Waals surface area contributed by atoms with Gasteiger partial charge in [-0.1, -0.05) is 18.2 Å². The molecule has 94 valence electrons. The number of hydrogen-bond donors (Lipinski definition) is 4. The Labute approximate surface area is 105 Å². The number of benzene rings is 2. The lowest BCUT2D eigenvalue weighted by molar-refractivity contribution is 0.275. The van der Waals surface area contributed by atoms with E-state index in [2.05, 4.69) is 5.32 Å². The van der Waals surface area contributed by atoms with E-state index in [0.717, 1.165) is 11.3 Å². The van der Waals surface area contributed by atoms with E-state index in [1.54, 1.807) is 24.3 Å². The molecule has 0 heterocycles. The Morgan fingerprint density at radius 3 is 2.33 bits per heavy atom. The molecular formula is C14H15NO3. The maximum Gasteiger partial charge on any atom is 0.121 e. The van der Waals surface area contributed by atoms with Crippen LogP contribution in [0.3, 0.4) is 0 Å². The first-order valence-electron chi connectivity index (χ1n) is 5.64. The molecule has 0 saturated carbocycles. The molecule has 18 heavy (non-hydrogen) atoms. The zero-order valence-electron chi connectivity index (χ0n) is 9.80. The summed E-state index contributed by atoms with van der Waals surface area (Å²) in [5.74, 6) is 0.316. The fraction of sp³-hybridized carbons (Fsp3) is 0.143. The van der Waals surface area contributed by atoms with Crippen LogP contribution in [0.25, 0.3) is 0 Å². The molecule has 2 aromatic rings. The molecule has 2 aromatic carbocycles. The van der Waals surface area contributed by atoms with Gasteiger partial charge in [-0.05, 0) is 24.3 Å². The number of phenolic OH excluding ortho intramolecular Hbond substituents is 1. The Morgan fingerprint density at radius 1 is 0.889 bits per heavy atom. The molecule has 0 aliphatic rings. The summed E-state index contributed by atoms with van der Waals surface area (Å²) in [6.45, 7) is 0.264. The molecule has 0 radical (unpaired) electrons. The zero-order chi connectivity index (χ0) is 13.0. The lowest BCUT2D eigenvalue weighted by atomic mass is 10.1. The molecule has 0 bridgehead atoms. The van der Waals surface area contributed by atoms with Gasteiger partial charge >= 0.3 is 0 Å². The highest BCUT2D eigenvalue weighted by molar-refractivity contribution is 5.51. The van der Waals surface area contributed by atoms with Gasteiger partial charge in [0.2, 0.25) is 0 Å². The van der Waals surface area contributed by atoms with Crippen molar-refractivity contribution in [2.24, 2.45) is 0 Å². The molecule has 0 aromatic heterocycles. The predicted molar refractivity (Wildman–Crippen MR) is 69.5 cm³/mol. The van der Waals surface area contributed by atoms with Crippen LogP contribution in [0.1, 0.15) is 11.1 Å². The number of para-hydroxylation sites is 1. The lowest BCUT2D eigenvalue weighted by Gasteiger charge is -2.10. The van der Waals surface area contributed by atoms with E-state index in [9.17, 15) is 10.2 Å². The predicted octanol–water partition coefficient (Wildman–Crippen LogP) is 2.20. The molecule has 4 N–H and O–H groups in total. The molecule has 0 atom stereocenters. The van der Waals surface area contributed by atoms with Gasteiger partial charge in [-0.15, -0.1) is 0 Å². The third kappa shape index (κ3) is 2.73. The van der Waals surface area contributed by atoms with E-state index < -0.39 is 0 Å². The number of rotatable bonds is 4. The van der Waals surface area contributed by atoms with Gasteiger partial charge in [0.25, 0.3) is 0 Å². The van der Waals surface area contributed by atoms with Crippen LogP contribution in [0, 0.1) is 0 Å². The summed E-state index contributed by atoms with van der Waals surface area (Å²) in [4.78, 5) is 0. The molecule has 4 heteroatoms. The number of anilines is 1. The van der Waals surface area contributed by atoms with E-state index in [-0.39, 0.29) is 18.1 Å². The van der Waals surface area contributed by atoms with Crippen LogP contribution in [0.5, 0.6) is 11.5 Å². The Bertz CT molecular complexity index is 540. The second-order valence-electron chi connectivity index (χ2n) is 3.98. The fourth-order valence-electron chi connectivity index (χ4n) is 1.68. The third-order valence-corrected chi connectivity index (χ3v) is 2.72. The first kappa shape index (κ1) is 12.3. The number of aliphatic hydroxyl groups excluding tert-OH is 1. The highest BCUT2D eigenvalue weighted by Crippen LogP contribution is 2.23. The first-order valence-corrected chi connectivity index (χ1v) is 5.64. The zero-order valence-corrected chi connectivity index (χ0v) is 9.80. The topological polar surface area (TPSA) is 72.7 Å². The van der Waals surface area contributed by atoms with Gasteiger partial charge in [0, 0.05) is 23.4 Å². The quantitative estimate of drug-likeness (QED) is 0.623. The molecule has 0 fully saturated rings. The molecule has 0 unspecified atom stereocenters. The van der Waals surface area contributed by atoms with Crippen molar-refractivity contribution in [1.82, 2.24) is 0 Å². The van der Waals surface area contributed by atoms with Gasteiger partial charge in [0.15, 0.2) is 0 Å². The highest BCUT2D eigenvalue weighted by Gasteiger charge is 2.03. The van der Waals surface area contributed by atoms with Gasteiger partial charge in [0.05, 0.1) is 6.61 Å². The van der Waals surface area contributed by atoms with Crippen molar-refractivity contribution in [1.29, 1.82) is 0 Å². The molecule has 0 saturated heterocycles. The van der Waals surface area contributed by atoms with E-state index in [0.29, 0.717) is 12.1 Å². The lowest BCUT2D eigenvalue weighted by Crippen LogP contribution is -2.00.